The molecule has 0 unspecified atom stereocenters. The number of rotatable bonds is 6. The summed E-state index contributed by atoms with van der Waals surface area (Å²) < 4.78 is 13.2. The molecular formula is C26H40FN5O2. The maximum Gasteiger partial charge on any atom is 0.242 e. The Morgan fingerprint density at radius 2 is 1.71 bits per heavy atom. The van der Waals surface area contributed by atoms with Gasteiger partial charge in [0.15, 0.2) is 0 Å². The highest BCUT2D eigenvalue weighted by molar-refractivity contribution is 5.87. The number of carbonyl (C=O) groups excluding carboxylic acids is 2. The second-order valence-electron chi connectivity index (χ2n) is 11.0. The summed E-state index contributed by atoms with van der Waals surface area (Å²) in [4.78, 5) is 34.6. The topological polar surface area (TPSA) is 59.1 Å². The molecule has 8 heteroatoms. The normalized spacial score (nSPS) is 23.6. The molecule has 34 heavy (non-hydrogen) atoms. The molecule has 0 bridgehead atoms. The van der Waals surface area contributed by atoms with Crippen molar-refractivity contribution in [1.82, 2.24) is 20.0 Å². The number of benzene rings is 1. The van der Waals surface area contributed by atoms with Gasteiger partial charge in [-0.3, -0.25) is 19.4 Å². The molecule has 188 valence electrons. The Balaban J connectivity index is 1.23. The van der Waals surface area contributed by atoms with Gasteiger partial charge in [-0.2, -0.15) is 0 Å². The van der Waals surface area contributed by atoms with Crippen molar-refractivity contribution in [3.63, 3.8) is 0 Å². The van der Waals surface area contributed by atoms with E-state index in [9.17, 15) is 14.0 Å². The van der Waals surface area contributed by atoms with E-state index < -0.39 is 5.54 Å². The van der Waals surface area contributed by atoms with Gasteiger partial charge in [-0.15, -0.1) is 0 Å². The monoisotopic (exact) mass is 473 g/mol. The van der Waals surface area contributed by atoms with Gasteiger partial charge >= 0.3 is 0 Å². The molecule has 3 aliphatic rings. The highest BCUT2D eigenvalue weighted by Crippen LogP contribution is 2.41. The van der Waals surface area contributed by atoms with Crippen LogP contribution in [0.25, 0.3) is 0 Å². The van der Waals surface area contributed by atoms with E-state index in [-0.39, 0.29) is 29.1 Å². The van der Waals surface area contributed by atoms with Crippen molar-refractivity contribution >= 4 is 17.5 Å². The molecule has 3 saturated heterocycles. The van der Waals surface area contributed by atoms with Gasteiger partial charge in [0.1, 0.15) is 5.82 Å². The molecule has 1 aromatic rings. The first-order valence-electron chi connectivity index (χ1n) is 12.6. The van der Waals surface area contributed by atoms with Crippen molar-refractivity contribution in [2.24, 2.45) is 5.41 Å². The lowest BCUT2D eigenvalue weighted by Crippen LogP contribution is -2.56. The number of likely N-dealkylation sites (tertiary alicyclic amines) is 1. The van der Waals surface area contributed by atoms with E-state index >= 15 is 0 Å². The Morgan fingerprint density at radius 1 is 1.09 bits per heavy atom. The summed E-state index contributed by atoms with van der Waals surface area (Å²) in [7, 11) is 3.86. The SMILES string of the molecule is CN(C)C(C)(C)C(=O)N1CCC2(CC1)C[C@H](CCN1CCN(c3ccc(F)cc3)CC1)NC2=O. The molecule has 1 atom stereocenters. The molecule has 7 nitrogen and oxygen atoms in total. The van der Waals surface area contributed by atoms with Crippen LogP contribution in [-0.2, 0) is 9.59 Å². The van der Waals surface area contributed by atoms with Crippen LogP contribution in [-0.4, -0.2) is 98.0 Å². The Hall–Kier alpha value is -2.19. The fourth-order valence-corrected chi connectivity index (χ4v) is 5.50. The molecule has 2 amide bonds. The summed E-state index contributed by atoms with van der Waals surface area (Å²) in [5.41, 5.74) is 0.223. The fraction of sp³-hybridized carbons (Fsp3) is 0.692. The molecule has 1 spiro atoms. The Kier molecular flexibility index (Phi) is 7.20. The standard InChI is InChI=1S/C26H40FN5O2/c1-25(2,29(3)4)24(34)32-13-10-26(11-14-32)19-21(28-23(26)33)9-12-30-15-17-31(18-16-30)22-7-5-20(27)6-8-22/h5-8,21H,9-19H2,1-4H3,(H,28,33)/t21-/m0/s1. The predicted octanol–water partition coefficient (Wildman–Crippen LogP) is 2.18. The molecule has 3 fully saturated rings. The fourth-order valence-electron chi connectivity index (χ4n) is 5.50. The first kappa shape index (κ1) is 24.9. The number of halogens is 1. The summed E-state index contributed by atoms with van der Waals surface area (Å²) in [6.07, 6.45) is 3.34. The van der Waals surface area contributed by atoms with Crippen molar-refractivity contribution in [3.8, 4) is 0 Å². The minimum absolute atomic E-state index is 0.141. The van der Waals surface area contributed by atoms with Gasteiger partial charge in [0.05, 0.1) is 11.0 Å². The summed E-state index contributed by atoms with van der Waals surface area (Å²) in [6, 6.07) is 6.94. The predicted molar refractivity (Wildman–Crippen MR) is 132 cm³/mol. The minimum atomic E-state index is -0.536. The third kappa shape index (κ3) is 5.08. The van der Waals surface area contributed by atoms with E-state index in [0.29, 0.717) is 13.1 Å². The van der Waals surface area contributed by atoms with Gasteiger partial charge in [-0.05, 0) is 77.9 Å². The molecular weight excluding hydrogens is 433 g/mol. The summed E-state index contributed by atoms with van der Waals surface area (Å²) in [6.45, 7) is 10.0. The van der Waals surface area contributed by atoms with E-state index in [1.807, 2.05) is 49.9 Å². The largest absolute Gasteiger partial charge is 0.369 e. The van der Waals surface area contributed by atoms with Gasteiger partial charge < -0.3 is 15.1 Å². The van der Waals surface area contributed by atoms with Crippen LogP contribution in [0.5, 0.6) is 0 Å². The van der Waals surface area contributed by atoms with E-state index in [2.05, 4.69) is 15.1 Å². The molecule has 3 heterocycles. The average molecular weight is 474 g/mol. The lowest BCUT2D eigenvalue weighted by Gasteiger charge is -2.42. The van der Waals surface area contributed by atoms with E-state index in [0.717, 1.165) is 64.1 Å². The van der Waals surface area contributed by atoms with Crippen molar-refractivity contribution in [2.45, 2.75) is 51.1 Å². The number of hydrogen-bond donors (Lipinski definition) is 1. The summed E-state index contributed by atoms with van der Waals surface area (Å²) in [5.74, 6) is 0.119. The molecule has 1 N–H and O–H groups in total. The number of carbonyl (C=O) groups is 2. The molecule has 4 rings (SSSR count). The van der Waals surface area contributed by atoms with Gasteiger partial charge in [0.25, 0.3) is 0 Å². The van der Waals surface area contributed by atoms with Crippen LogP contribution < -0.4 is 10.2 Å². The number of amides is 2. The quantitative estimate of drug-likeness (QED) is 0.686. The van der Waals surface area contributed by atoms with Crippen molar-refractivity contribution in [1.29, 1.82) is 0 Å². The van der Waals surface area contributed by atoms with Crippen molar-refractivity contribution < 1.29 is 14.0 Å². The second-order valence-corrected chi connectivity index (χ2v) is 11.0. The number of anilines is 1. The van der Waals surface area contributed by atoms with Crippen molar-refractivity contribution in [3.05, 3.63) is 30.1 Å². The van der Waals surface area contributed by atoms with E-state index in [4.69, 9.17) is 0 Å². The zero-order valence-corrected chi connectivity index (χ0v) is 21.1. The maximum absolute atomic E-state index is 13.2. The lowest BCUT2D eigenvalue weighted by molar-refractivity contribution is -0.146. The Morgan fingerprint density at radius 3 is 2.29 bits per heavy atom. The van der Waals surface area contributed by atoms with Crippen LogP contribution in [0.15, 0.2) is 24.3 Å². The number of likely N-dealkylation sites (N-methyl/N-ethyl adjacent to an activating group) is 1. The highest BCUT2D eigenvalue weighted by Gasteiger charge is 2.49. The second kappa shape index (κ2) is 9.82. The Labute approximate surface area is 203 Å². The highest BCUT2D eigenvalue weighted by atomic mass is 19.1. The third-order valence-electron chi connectivity index (χ3n) is 8.46. The molecule has 1 aromatic carbocycles. The molecule has 3 aliphatic heterocycles. The molecule has 0 saturated carbocycles. The van der Waals surface area contributed by atoms with Crippen LogP contribution in [0.2, 0.25) is 0 Å². The summed E-state index contributed by atoms with van der Waals surface area (Å²) in [5, 5.41) is 3.26. The first-order chi connectivity index (χ1) is 16.1. The van der Waals surface area contributed by atoms with Crippen LogP contribution in [0, 0.1) is 11.2 Å². The Bertz CT molecular complexity index is 872. The molecule has 0 aliphatic carbocycles. The van der Waals surface area contributed by atoms with Gasteiger partial charge in [-0.25, -0.2) is 4.39 Å². The number of nitrogens with zero attached hydrogens (tertiary/aromatic N) is 4. The third-order valence-corrected chi connectivity index (χ3v) is 8.46. The first-order valence-corrected chi connectivity index (χ1v) is 12.6. The smallest absolute Gasteiger partial charge is 0.242 e. The van der Waals surface area contributed by atoms with Gasteiger partial charge in [-0.1, -0.05) is 0 Å². The average Bonchev–Trinajstić information content (AvgIpc) is 3.13. The van der Waals surface area contributed by atoms with E-state index in [1.54, 1.807) is 0 Å². The van der Waals surface area contributed by atoms with Crippen LogP contribution in [0.3, 0.4) is 0 Å². The number of piperidine rings is 1. The maximum atomic E-state index is 13.2. The van der Waals surface area contributed by atoms with Crippen LogP contribution >= 0.6 is 0 Å². The number of piperazine rings is 1. The van der Waals surface area contributed by atoms with Crippen molar-refractivity contribution in [2.75, 3.05) is 64.8 Å². The van der Waals surface area contributed by atoms with E-state index in [1.165, 1.54) is 12.1 Å². The summed E-state index contributed by atoms with van der Waals surface area (Å²) >= 11 is 0. The van der Waals surface area contributed by atoms with Crippen LogP contribution in [0.4, 0.5) is 10.1 Å². The van der Waals surface area contributed by atoms with Crippen LogP contribution in [0.1, 0.15) is 39.5 Å². The van der Waals surface area contributed by atoms with Gasteiger partial charge in [0, 0.05) is 57.5 Å². The zero-order valence-electron chi connectivity index (χ0n) is 21.1. The number of hydrogen-bond acceptors (Lipinski definition) is 5. The number of nitrogens with one attached hydrogen (secondary N) is 1. The molecule has 0 aromatic heterocycles. The lowest BCUT2D eigenvalue weighted by atomic mass is 9.75. The molecule has 0 radical (unpaired) electrons. The van der Waals surface area contributed by atoms with Gasteiger partial charge in [0.2, 0.25) is 11.8 Å². The minimum Gasteiger partial charge on any atom is -0.369 e. The zero-order chi connectivity index (χ0) is 24.5.